The van der Waals surface area contributed by atoms with Crippen LogP contribution in [0, 0.1) is 11.7 Å². The second kappa shape index (κ2) is 7.69. The monoisotopic (exact) mass is 368 g/mol. The molecular weight excluding hydrogens is 343 g/mol. The summed E-state index contributed by atoms with van der Waals surface area (Å²) in [5.74, 6) is -0.535. The van der Waals surface area contributed by atoms with Gasteiger partial charge in [-0.2, -0.15) is 0 Å². The van der Waals surface area contributed by atoms with Gasteiger partial charge in [0.05, 0.1) is 23.4 Å². The summed E-state index contributed by atoms with van der Waals surface area (Å²) in [7, 11) is 1.99. The summed E-state index contributed by atoms with van der Waals surface area (Å²) in [6.07, 6.45) is 2.26. The molecule has 2 aromatic rings. The molecule has 1 fully saturated rings. The molecule has 1 saturated heterocycles. The van der Waals surface area contributed by atoms with Crippen molar-refractivity contribution in [2.75, 3.05) is 36.5 Å². The fourth-order valence-electron chi connectivity index (χ4n) is 4.18. The zero-order valence-electron chi connectivity index (χ0n) is 15.6. The van der Waals surface area contributed by atoms with Crippen molar-refractivity contribution in [1.82, 2.24) is 0 Å². The Hall–Kier alpha value is -2.40. The first-order valence-electron chi connectivity index (χ1n) is 9.64. The maximum atomic E-state index is 14.0. The lowest BCUT2D eigenvalue weighted by atomic mass is 9.88. The van der Waals surface area contributed by atoms with Gasteiger partial charge in [0.2, 0.25) is 5.91 Å². The molecule has 0 spiro atoms. The van der Waals surface area contributed by atoms with E-state index in [9.17, 15) is 9.18 Å². The van der Waals surface area contributed by atoms with Crippen LogP contribution in [0.5, 0.6) is 0 Å². The van der Waals surface area contributed by atoms with E-state index in [0.29, 0.717) is 18.8 Å². The third-order valence-electron chi connectivity index (χ3n) is 5.55. The molecule has 0 bridgehead atoms. The third kappa shape index (κ3) is 3.56. The minimum atomic E-state index is -0.318. The highest BCUT2D eigenvalue weighted by Gasteiger charge is 2.37. The van der Waals surface area contributed by atoms with Gasteiger partial charge in [0.25, 0.3) is 0 Å². The molecule has 5 heteroatoms. The van der Waals surface area contributed by atoms with Gasteiger partial charge in [0, 0.05) is 26.7 Å². The summed E-state index contributed by atoms with van der Waals surface area (Å²) in [5.41, 5.74) is 2.59. The van der Waals surface area contributed by atoms with Gasteiger partial charge in [-0.15, -0.1) is 0 Å². The standard InChI is InChI=1S/C22H25FN2O2/c1-24-12-6-13-25(20-15-17(23)10-11-19(20)24)22(26)18-9-5-14-27-21(18)16-7-3-2-4-8-16/h2-4,7-8,10-11,15,18,21H,5-6,9,12-14H2,1H3. The Kier molecular flexibility index (Phi) is 5.12. The van der Waals surface area contributed by atoms with E-state index in [0.717, 1.165) is 37.1 Å². The molecule has 2 unspecified atom stereocenters. The Morgan fingerprint density at radius 1 is 1.07 bits per heavy atom. The number of nitrogens with zero attached hydrogens (tertiary/aromatic N) is 2. The van der Waals surface area contributed by atoms with Crippen molar-refractivity contribution in [3.8, 4) is 0 Å². The van der Waals surface area contributed by atoms with Gasteiger partial charge in [0.15, 0.2) is 0 Å². The number of hydrogen-bond donors (Lipinski definition) is 0. The number of fused-ring (bicyclic) bond motifs is 1. The molecule has 0 saturated carbocycles. The van der Waals surface area contributed by atoms with Crippen molar-refractivity contribution in [1.29, 1.82) is 0 Å². The third-order valence-corrected chi connectivity index (χ3v) is 5.55. The number of anilines is 2. The van der Waals surface area contributed by atoms with Crippen LogP contribution in [0.1, 0.15) is 30.9 Å². The van der Waals surface area contributed by atoms with Crippen LogP contribution < -0.4 is 9.80 Å². The van der Waals surface area contributed by atoms with Gasteiger partial charge >= 0.3 is 0 Å². The zero-order valence-corrected chi connectivity index (χ0v) is 15.6. The number of hydrogen-bond acceptors (Lipinski definition) is 3. The van der Waals surface area contributed by atoms with Crippen molar-refractivity contribution in [3.63, 3.8) is 0 Å². The van der Waals surface area contributed by atoms with Crippen molar-refractivity contribution < 1.29 is 13.9 Å². The predicted octanol–water partition coefficient (Wildman–Crippen LogP) is 4.17. The molecule has 1 amide bonds. The molecule has 0 N–H and O–H groups in total. The smallest absolute Gasteiger partial charge is 0.233 e. The summed E-state index contributed by atoms with van der Waals surface area (Å²) < 4.78 is 20.0. The minimum absolute atomic E-state index is 0.0331. The van der Waals surface area contributed by atoms with Crippen molar-refractivity contribution in [2.24, 2.45) is 5.92 Å². The number of carbonyl (C=O) groups excluding carboxylic acids is 1. The van der Waals surface area contributed by atoms with Crippen LogP contribution in [0.2, 0.25) is 0 Å². The zero-order chi connectivity index (χ0) is 18.8. The molecule has 2 heterocycles. The molecule has 0 aromatic heterocycles. The molecule has 2 atom stereocenters. The van der Waals surface area contributed by atoms with E-state index in [4.69, 9.17) is 4.74 Å². The van der Waals surface area contributed by atoms with Crippen LogP contribution in [0.25, 0.3) is 0 Å². The summed E-state index contributed by atoms with van der Waals surface area (Å²) in [6.45, 7) is 2.10. The number of halogens is 1. The second-order valence-corrected chi connectivity index (χ2v) is 7.35. The van der Waals surface area contributed by atoms with Crippen LogP contribution in [0.15, 0.2) is 48.5 Å². The molecule has 2 aromatic carbocycles. The van der Waals surface area contributed by atoms with E-state index in [1.807, 2.05) is 37.4 Å². The average Bonchev–Trinajstić information content (AvgIpc) is 2.86. The molecule has 2 aliphatic heterocycles. The fraction of sp³-hybridized carbons (Fsp3) is 0.409. The lowest BCUT2D eigenvalue weighted by Crippen LogP contribution is -2.41. The summed E-state index contributed by atoms with van der Waals surface area (Å²) in [5, 5.41) is 0. The maximum absolute atomic E-state index is 14.0. The summed E-state index contributed by atoms with van der Waals surface area (Å²) >= 11 is 0. The first kappa shape index (κ1) is 18.0. The molecule has 2 aliphatic rings. The number of carbonyl (C=O) groups is 1. The van der Waals surface area contributed by atoms with Crippen LogP contribution in [0.4, 0.5) is 15.8 Å². The van der Waals surface area contributed by atoms with Crippen LogP contribution in [0.3, 0.4) is 0 Å². The largest absolute Gasteiger partial charge is 0.373 e. The fourth-order valence-corrected chi connectivity index (χ4v) is 4.18. The molecule has 0 radical (unpaired) electrons. The SMILES string of the molecule is CN1CCCN(C(=O)C2CCCOC2c2ccccc2)c2cc(F)ccc21. The van der Waals surface area contributed by atoms with Crippen molar-refractivity contribution in [3.05, 3.63) is 59.9 Å². The quantitative estimate of drug-likeness (QED) is 0.798. The van der Waals surface area contributed by atoms with Crippen LogP contribution in [-0.4, -0.2) is 32.7 Å². The molecule has 0 aliphatic carbocycles. The Labute approximate surface area is 159 Å². The lowest BCUT2D eigenvalue weighted by molar-refractivity contribution is -0.132. The van der Waals surface area contributed by atoms with Gasteiger partial charge < -0.3 is 14.5 Å². The van der Waals surface area contributed by atoms with Gasteiger partial charge in [-0.1, -0.05) is 30.3 Å². The molecule has 142 valence electrons. The molecule has 27 heavy (non-hydrogen) atoms. The number of benzene rings is 2. The highest BCUT2D eigenvalue weighted by Crippen LogP contribution is 2.39. The van der Waals surface area contributed by atoms with E-state index >= 15 is 0 Å². The lowest BCUT2D eigenvalue weighted by Gasteiger charge is -2.35. The van der Waals surface area contributed by atoms with Crippen LogP contribution in [-0.2, 0) is 9.53 Å². The normalized spacial score (nSPS) is 22.9. The molecule has 4 nitrogen and oxygen atoms in total. The Balaban J connectivity index is 1.68. The van der Waals surface area contributed by atoms with Crippen molar-refractivity contribution >= 4 is 17.3 Å². The number of ether oxygens (including phenoxy) is 1. The topological polar surface area (TPSA) is 32.8 Å². The van der Waals surface area contributed by atoms with Crippen LogP contribution >= 0.6 is 0 Å². The highest BCUT2D eigenvalue weighted by atomic mass is 19.1. The highest BCUT2D eigenvalue weighted by molar-refractivity contribution is 5.99. The van der Waals surface area contributed by atoms with Gasteiger partial charge in [-0.05, 0) is 43.0 Å². The average molecular weight is 368 g/mol. The number of rotatable bonds is 2. The van der Waals surface area contributed by atoms with Gasteiger partial charge in [-0.25, -0.2) is 4.39 Å². The molecule has 4 rings (SSSR count). The maximum Gasteiger partial charge on any atom is 0.233 e. The van der Waals surface area contributed by atoms with E-state index < -0.39 is 0 Å². The van der Waals surface area contributed by atoms with E-state index in [-0.39, 0.29) is 23.7 Å². The van der Waals surface area contributed by atoms with Gasteiger partial charge in [0.1, 0.15) is 5.82 Å². The predicted molar refractivity (Wildman–Crippen MR) is 104 cm³/mol. The van der Waals surface area contributed by atoms with Gasteiger partial charge in [-0.3, -0.25) is 4.79 Å². The Bertz CT molecular complexity index is 811. The number of amides is 1. The second-order valence-electron chi connectivity index (χ2n) is 7.35. The molecular formula is C22H25FN2O2. The summed E-state index contributed by atoms with van der Waals surface area (Å²) in [6, 6.07) is 14.6. The van der Waals surface area contributed by atoms with E-state index in [2.05, 4.69) is 4.90 Å². The minimum Gasteiger partial charge on any atom is -0.373 e. The Morgan fingerprint density at radius 3 is 2.70 bits per heavy atom. The van der Waals surface area contributed by atoms with E-state index in [1.165, 1.54) is 12.1 Å². The first-order valence-corrected chi connectivity index (χ1v) is 9.64. The Morgan fingerprint density at radius 2 is 1.89 bits per heavy atom. The van der Waals surface area contributed by atoms with Crippen molar-refractivity contribution in [2.45, 2.75) is 25.4 Å². The van der Waals surface area contributed by atoms with E-state index in [1.54, 1.807) is 11.0 Å². The summed E-state index contributed by atoms with van der Waals surface area (Å²) in [4.78, 5) is 17.4. The first-order chi connectivity index (χ1) is 13.1.